The second-order valence-corrected chi connectivity index (χ2v) is 6.89. The zero-order valence-electron chi connectivity index (χ0n) is 14.1. The Bertz CT molecular complexity index is 685. The largest absolute Gasteiger partial charge is 0.318 e. The number of anilines is 1. The molecule has 0 bridgehead atoms. The number of aryl methyl sites for hydroxylation is 3. The standard InChI is InChI=1S/C16H24N4OS/c1-7-8-13-17-11(5)15(22-13)16(21)18-14-10(4)19-20(9(2)3)12(14)6/h9H,7-8H2,1-6H3,(H,18,21). The zero-order chi connectivity index (χ0) is 16.4. The third-order valence-electron chi connectivity index (χ3n) is 3.56. The van der Waals surface area contributed by atoms with Crippen molar-refractivity contribution in [3.63, 3.8) is 0 Å². The van der Waals surface area contributed by atoms with E-state index < -0.39 is 0 Å². The molecule has 1 amide bonds. The molecular formula is C16H24N4OS. The van der Waals surface area contributed by atoms with Gasteiger partial charge >= 0.3 is 0 Å². The van der Waals surface area contributed by atoms with Gasteiger partial charge in [-0.2, -0.15) is 5.10 Å². The molecule has 0 atom stereocenters. The Hall–Kier alpha value is -1.69. The van der Waals surface area contributed by atoms with Crippen LogP contribution in [-0.4, -0.2) is 20.7 Å². The van der Waals surface area contributed by atoms with Crippen molar-refractivity contribution < 1.29 is 4.79 Å². The van der Waals surface area contributed by atoms with E-state index in [1.165, 1.54) is 11.3 Å². The van der Waals surface area contributed by atoms with Gasteiger partial charge in [-0.25, -0.2) is 4.98 Å². The predicted octanol–water partition coefficient (Wildman–Crippen LogP) is 4.05. The SMILES string of the molecule is CCCc1nc(C)c(C(=O)Nc2c(C)nn(C(C)C)c2C)s1. The highest BCUT2D eigenvalue weighted by atomic mass is 32.1. The maximum absolute atomic E-state index is 12.6. The van der Waals surface area contributed by atoms with Crippen LogP contribution < -0.4 is 5.32 Å². The van der Waals surface area contributed by atoms with Crippen LogP contribution in [0.3, 0.4) is 0 Å². The average Bonchev–Trinajstić information content (AvgIpc) is 2.94. The lowest BCUT2D eigenvalue weighted by Gasteiger charge is -2.09. The molecule has 22 heavy (non-hydrogen) atoms. The van der Waals surface area contributed by atoms with Crippen molar-refractivity contribution in [3.05, 3.63) is 27.0 Å². The highest BCUT2D eigenvalue weighted by molar-refractivity contribution is 7.13. The fourth-order valence-corrected chi connectivity index (χ4v) is 3.56. The molecule has 0 aromatic carbocycles. The molecule has 0 fully saturated rings. The van der Waals surface area contributed by atoms with Gasteiger partial charge in [-0.3, -0.25) is 9.48 Å². The minimum Gasteiger partial charge on any atom is -0.318 e. The maximum atomic E-state index is 12.6. The summed E-state index contributed by atoms with van der Waals surface area (Å²) in [5, 5.41) is 8.54. The lowest BCUT2D eigenvalue weighted by Crippen LogP contribution is -2.13. The van der Waals surface area contributed by atoms with Gasteiger partial charge in [0.2, 0.25) is 0 Å². The molecule has 0 saturated heterocycles. The third kappa shape index (κ3) is 3.21. The van der Waals surface area contributed by atoms with Gasteiger partial charge in [0.1, 0.15) is 4.88 Å². The molecule has 6 heteroatoms. The molecule has 120 valence electrons. The number of amides is 1. The topological polar surface area (TPSA) is 59.8 Å². The van der Waals surface area contributed by atoms with Crippen LogP contribution in [0.15, 0.2) is 0 Å². The summed E-state index contributed by atoms with van der Waals surface area (Å²) >= 11 is 1.49. The summed E-state index contributed by atoms with van der Waals surface area (Å²) in [5.74, 6) is -0.0909. The molecule has 2 aromatic rings. The highest BCUT2D eigenvalue weighted by Crippen LogP contribution is 2.25. The first-order chi connectivity index (χ1) is 10.3. The summed E-state index contributed by atoms with van der Waals surface area (Å²) in [6.07, 6.45) is 1.95. The van der Waals surface area contributed by atoms with Crippen molar-refractivity contribution in [3.8, 4) is 0 Å². The van der Waals surface area contributed by atoms with E-state index >= 15 is 0 Å². The Morgan fingerprint density at radius 2 is 1.95 bits per heavy atom. The molecular weight excluding hydrogens is 296 g/mol. The molecule has 2 aromatic heterocycles. The van der Waals surface area contributed by atoms with Crippen molar-refractivity contribution >= 4 is 22.9 Å². The average molecular weight is 320 g/mol. The van der Waals surface area contributed by atoms with Crippen molar-refractivity contribution in [1.29, 1.82) is 0 Å². The van der Waals surface area contributed by atoms with E-state index in [9.17, 15) is 4.79 Å². The monoisotopic (exact) mass is 320 g/mol. The molecule has 0 aliphatic heterocycles. The van der Waals surface area contributed by atoms with Gasteiger partial charge in [-0.1, -0.05) is 6.92 Å². The molecule has 1 N–H and O–H groups in total. The number of hydrogen-bond donors (Lipinski definition) is 1. The number of hydrogen-bond acceptors (Lipinski definition) is 4. The summed E-state index contributed by atoms with van der Waals surface area (Å²) in [6, 6.07) is 0.269. The van der Waals surface area contributed by atoms with Gasteiger partial charge in [0.05, 0.1) is 27.8 Å². The Morgan fingerprint density at radius 1 is 1.27 bits per heavy atom. The van der Waals surface area contributed by atoms with E-state index in [0.29, 0.717) is 4.88 Å². The number of nitrogens with one attached hydrogen (secondary N) is 1. The minimum absolute atomic E-state index is 0.0909. The highest BCUT2D eigenvalue weighted by Gasteiger charge is 2.19. The van der Waals surface area contributed by atoms with E-state index in [1.807, 2.05) is 25.5 Å². The minimum atomic E-state index is -0.0909. The first-order valence-corrected chi connectivity index (χ1v) is 8.50. The zero-order valence-corrected chi connectivity index (χ0v) is 15.0. The van der Waals surface area contributed by atoms with Crippen molar-refractivity contribution in [2.75, 3.05) is 5.32 Å². The molecule has 0 spiro atoms. The number of thiazole rings is 1. The summed E-state index contributed by atoms with van der Waals surface area (Å²) in [4.78, 5) is 17.7. The van der Waals surface area contributed by atoms with E-state index in [1.54, 1.807) is 0 Å². The van der Waals surface area contributed by atoms with E-state index in [4.69, 9.17) is 0 Å². The Kier molecular flexibility index (Phi) is 5.01. The van der Waals surface area contributed by atoms with Crippen LogP contribution in [0.25, 0.3) is 0 Å². The number of aromatic nitrogens is 3. The Morgan fingerprint density at radius 3 is 2.50 bits per heavy atom. The van der Waals surface area contributed by atoms with Gasteiger partial charge in [0.25, 0.3) is 5.91 Å². The molecule has 0 aliphatic rings. The second kappa shape index (κ2) is 6.60. The lowest BCUT2D eigenvalue weighted by atomic mass is 10.3. The summed E-state index contributed by atoms with van der Waals surface area (Å²) in [7, 11) is 0. The van der Waals surface area contributed by atoms with Crippen LogP contribution in [0.1, 0.15) is 65.0 Å². The molecule has 0 aliphatic carbocycles. The van der Waals surface area contributed by atoms with Crippen molar-refractivity contribution in [2.45, 2.75) is 60.4 Å². The van der Waals surface area contributed by atoms with E-state index in [2.05, 4.69) is 36.2 Å². The maximum Gasteiger partial charge on any atom is 0.267 e. The molecule has 0 saturated carbocycles. The van der Waals surface area contributed by atoms with Gasteiger partial charge in [-0.05, 0) is 47.5 Å². The van der Waals surface area contributed by atoms with E-state index in [-0.39, 0.29) is 11.9 Å². The lowest BCUT2D eigenvalue weighted by molar-refractivity contribution is 0.102. The summed E-state index contributed by atoms with van der Waals surface area (Å²) < 4.78 is 1.94. The number of carbonyl (C=O) groups is 1. The van der Waals surface area contributed by atoms with Gasteiger partial charge in [0.15, 0.2) is 0 Å². The smallest absolute Gasteiger partial charge is 0.267 e. The number of rotatable bonds is 5. The number of nitrogens with zero attached hydrogens (tertiary/aromatic N) is 3. The first-order valence-electron chi connectivity index (χ1n) is 7.68. The van der Waals surface area contributed by atoms with Crippen LogP contribution in [0.2, 0.25) is 0 Å². The molecule has 2 rings (SSSR count). The quantitative estimate of drug-likeness (QED) is 0.904. The number of carbonyl (C=O) groups excluding carboxylic acids is 1. The third-order valence-corrected chi connectivity index (χ3v) is 4.78. The fourth-order valence-electron chi connectivity index (χ4n) is 2.50. The summed E-state index contributed by atoms with van der Waals surface area (Å²) in [6.45, 7) is 12.1. The molecule has 0 radical (unpaired) electrons. The van der Waals surface area contributed by atoms with E-state index in [0.717, 1.165) is 40.6 Å². The van der Waals surface area contributed by atoms with Gasteiger partial charge in [-0.15, -0.1) is 11.3 Å². The molecule has 5 nitrogen and oxygen atoms in total. The Balaban J connectivity index is 2.26. The van der Waals surface area contributed by atoms with Crippen LogP contribution in [0.5, 0.6) is 0 Å². The summed E-state index contributed by atoms with van der Waals surface area (Å²) in [5.41, 5.74) is 3.44. The van der Waals surface area contributed by atoms with Crippen LogP contribution >= 0.6 is 11.3 Å². The normalized spacial score (nSPS) is 11.2. The van der Waals surface area contributed by atoms with Crippen molar-refractivity contribution in [1.82, 2.24) is 14.8 Å². The van der Waals surface area contributed by atoms with Crippen molar-refractivity contribution in [2.24, 2.45) is 0 Å². The van der Waals surface area contributed by atoms with Gasteiger partial charge in [0, 0.05) is 6.04 Å². The predicted molar refractivity (Wildman–Crippen MR) is 90.9 cm³/mol. The van der Waals surface area contributed by atoms with Gasteiger partial charge < -0.3 is 5.32 Å². The van der Waals surface area contributed by atoms with Crippen LogP contribution in [-0.2, 0) is 6.42 Å². The molecule has 0 unspecified atom stereocenters. The molecule has 2 heterocycles. The first kappa shape index (κ1) is 16.7. The fraction of sp³-hybridized carbons (Fsp3) is 0.562. The second-order valence-electron chi connectivity index (χ2n) is 5.81. The van der Waals surface area contributed by atoms with Crippen LogP contribution in [0.4, 0.5) is 5.69 Å². The van der Waals surface area contributed by atoms with Crippen LogP contribution in [0, 0.1) is 20.8 Å². The Labute approximate surface area is 135 Å².